The molecule has 2 rings (SSSR count). The van der Waals surface area contributed by atoms with Crippen molar-refractivity contribution in [2.75, 3.05) is 17.2 Å². The Morgan fingerprint density at radius 1 is 1.16 bits per heavy atom. The average molecular weight is 341 g/mol. The number of hydrogen-bond acceptors (Lipinski definition) is 4. The molecule has 0 aliphatic carbocycles. The summed E-state index contributed by atoms with van der Waals surface area (Å²) in [6, 6.07) is 12.5. The summed E-state index contributed by atoms with van der Waals surface area (Å²) >= 11 is 0. The van der Waals surface area contributed by atoms with Crippen LogP contribution in [0.25, 0.3) is 0 Å². The SMILES string of the molecule is CCc1cccc(C)c1NC(=O)CCCNc1ccccc1[N+](=O)[O-]. The third-order valence-corrected chi connectivity index (χ3v) is 4.00. The standard InChI is InChI=1S/C19H23N3O3/c1-3-15-9-6-8-14(2)19(15)21-18(23)12-7-13-20-16-10-4-5-11-17(16)22(24)25/h4-6,8-11,20H,3,7,12-13H2,1-2H3,(H,21,23). The molecule has 0 radical (unpaired) electrons. The van der Waals surface area contributed by atoms with Crippen LogP contribution in [0.15, 0.2) is 42.5 Å². The predicted molar refractivity (Wildman–Crippen MR) is 100 cm³/mol. The maximum absolute atomic E-state index is 12.2. The van der Waals surface area contributed by atoms with Crippen molar-refractivity contribution in [2.24, 2.45) is 0 Å². The number of para-hydroxylation sites is 3. The monoisotopic (exact) mass is 341 g/mol. The summed E-state index contributed by atoms with van der Waals surface area (Å²) in [5.74, 6) is -0.0478. The Kier molecular flexibility index (Phi) is 6.51. The highest BCUT2D eigenvalue weighted by Gasteiger charge is 2.12. The smallest absolute Gasteiger partial charge is 0.292 e. The summed E-state index contributed by atoms with van der Waals surface area (Å²) in [7, 11) is 0. The van der Waals surface area contributed by atoms with Crippen molar-refractivity contribution in [2.45, 2.75) is 33.1 Å². The Morgan fingerprint density at radius 2 is 1.92 bits per heavy atom. The van der Waals surface area contributed by atoms with E-state index in [9.17, 15) is 14.9 Å². The quantitative estimate of drug-likeness (QED) is 0.426. The summed E-state index contributed by atoms with van der Waals surface area (Å²) in [5, 5.41) is 17.0. The van der Waals surface area contributed by atoms with Gasteiger partial charge in [0.05, 0.1) is 4.92 Å². The van der Waals surface area contributed by atoms with E-state index in [4.69, 9.17) is 0 Å². The number of nitro benzene ring substituents is 1. The lowest BCUT2D eigenvalue weighted by atomic mass is 10.1. The van der Waals surface area contributed by atoms with Gasteiger partial charge in [-0.05, 0) is 37.0 Å². The molecule has 0 heterocycles. The van der Waals surface area contributed by atoms with Gasteiger partial charge in [0.1, 0.15) is 5.69 Å². The fraction of sp³-hybridized carbons (Fsp3) is 0.316. The molecular formula is C19H23N3O3. The van der Waals surface area contributed by atoms with Crippen LogP contribution >= 0.6 is 0 Å². The topological polar surface area (TPSA) is 84.3 Å². The second kappa shape index (κ2) is 8.82. The summed E-state index contributed by atoms with van der Waals surface area (Å²) in [6.45, 7) is 4.53. The lowest BCUT2D eigenvalue weighted by molar-refractivity contribution is -0.384. The third kappa shape index (κ3) is 5.04. The minimum Gasteiger partial charge on any atom is -0.379 e. The van der Waals surface area contributed by atoms with E-state index in [1.54, 1.807) is 18.2 Å². The zero-order valence-corrected chi connectivity index (χ0v) is 14.5. The number of rotatable bonds is 8. The Morgan fingerprint density at radius 3 is 2.64 bits per heavy atom. The van der Waals surface area contributed by atoms with Crippen LogP contribution in [0, 0.1) is 17.0 Å². The van der Waals surface area contributed by atoms with Crippen molar-refractivity contribution in [3.05, 3.63) is 63.7 Å². The predicted octanol–water partition coefficient (Wildman–Crippen LogP) is 4.30. The molecule has 0 saturated heterocycles. The number of anilines is 2. The summed E-state index contributed by atoms with van der Waals surface area (Å²) < 4.78 is 0. The van der Waals surface area contributed by atoms with E-state index in [1.807, 2.05) is 25.1 Å². The molecule has 25 heavy (non-hydrogen) atoms. The van der Waals surface area contributed by atoms with Gasteiger partial charge in [-0.3, -0.25) is 14.9 Å². The maximum atomic E-state index is 12.2. The molecule has 0 spiro atoms. The molecule has 0 aliphatic rings. The second-order valence-corrected chi connectivity index (χ2v) is 5.82. The highest BCUT2D eigenvalue weighted by atomic mass is 16.6. The molecule has 2 aromatic rings. The molecule has 1 amide bonds. The van der Waals surface area contributed by atoms with E-state index < -0.39 is 4.92 Å². The summed E-state index contributed by atoms with van der Waals surface area (Å²) in [4.78, 5) is 22.7. The fourth-order valence-corrected chi connectivity index (χ4v) is 2.66. The Hall–Kier alpha value is -2.89. The van der Waals surface area contributed by atoms with Gasteiger partial charge in [-0.2, -0.15) is 0 Å². The van der Waals surface area contributed by atoms with Gasteiger partial charge in [0, 0.05) is 24.7 Å². The first-order valence-electron chi connectivity index (χ1n) is 8.38. The van der Waals surface area contributed by atoms with Crippen LogP contribution in [0.4, 0.5) is 17.1 Å². The minimum atomic E-state index is -0.417. The number of amides is 1. The van der Waals surface area contributed by atoms with Gasteiger partial charge in [0.25, 0.3) is 5.69 Å². The van der Waals surface area contributed by atoms with Crippen molar-refractivity contribution < 1.29 is 9.72 Å². The number of hydrogen-bond donors (Lipinski definition) is 2. The van der Waals surface area contributed by atoms with Crippen LogP contribution in [0.3, 0.4) is 0 Å². The van der Waals surface area contributed by atoms with Crippen LogP contribution in [0.2, 0.25) is 0 Å². The lowest BCUT2D eigenvalue weighted by Gasteiger charge is -2.13. The maximum Gasteiger partial charge on any atom is 0.292 e. The molecule has 132 valence electrons. The van der Waals surface area contributed by atoms with Gasteiger partial charge < -0.3 is 10.6 Å². The number of carbonyl (C=O) groups is 1. The Balaban J connectivity index is 1.85. The number of nitrogens with one attached hydrogen (secondary N) is 2. The third-order valence-electron chi connectivity index (χ3n) is 4.00. The second-order valence-electron chi connectivity index (χ2n) is 5.82. The fourth-order valence-electron chi connectivity index (χ4n) is 2.66. The van der Waals surface area contributed by atoms with E-state index in [-0.39, 0.29) is 11.6 Å². The molecule has 0 atom stereocenters. The van der Waals surface area contributed by atoms with Crippen LogP contribution in [0.5, 0.6) is 0 Å². The van der Waals surface area contributed by atoms with E-state index in [2.05, 4.69) is 17.6 Å². The number of aryl methyl sites for hydroxylation is 2. The van der Waals surface area contributed by atoms with E-state index in [0.29, 0.717) is 25.1 Å². The van der Waals surface area contributed by atoms with Crippen molar-refractivity contribution in [1.29, 1.82) is 0 Å². The first kappa shape index (κ1) is 18.4. The van der Waals surface area contributed by atoms with E-state index in [0.717, 1.165) is 23.2 Å². The van der Waals surface area contributed by atoms with Gasteiger partial charge >= 0.3 is 0 Å². The molecule has 0 unspecified atom stereocenters. The van der Waals surface area contributed by atoms with Crippen molar-refractivity contribution in [3.63, 3.8) is 0 Å². The molecule has 2 N–H and O–H groups in total. The summed E-state index contributed by atoms with van der Waals surface area (Å²) in [5.41, 5.74) is 3.57. The molecule has 6 nitrogen and oxygen atoms in total. The molecule has 0 aliphatic heterocycles. The number of nitrogens with zero attached hydrogens (tertiary/aromatic N) is 1. The molecule has 0 saturated carbocycles. The average Bonchev–Trinajstić information content (AvgIpc) is 2.60. The highest BCUT2D eigenvalue weighted by molar-refractivity contribution is 5.92. The zero-order valence-electron chi connectivity index (χ0n) is 14.5. The Bertz CT molecular complexity index is 759. The molecule has 6 heteroatoms. The van der Waals surface area contributed by atoms with E-state index in [1.165, 1.54) is 6.07 Å². The highest BCUT2D eigenvalue weighted by Crippen LogP contribution is 2.23. The molecule has 0 aromatic heterocycles. The first-order valence-corrected chi connectivity index (χ1v) is 8.38. The lowest BCUT2D eigenvalue weighted by Crippen LogP contribution is -2.15. The van der Waals surface area contributed by atoms with Crippen LogP contribution in [0.1, 0.15) is 30.9 Å². The number of benzene rings is 2. The zero-order chi connectivity index (χ0) is 18.2. The molecular weight excluding hydrogens is 318 g/mol. The van der Waals surface area contributed by atoms with Gasteiger partial charge in [-0.1, -0.05) is 37.3 Å². The minimum absolute atomic E-state index is 0.0412. The molecule has 0 fully saturated rings. The Labute approximate surface area is 147 Å². The van der Waals surface area contributed by atoms with Crippen molar-refractivity contribution in [1.82, 2.24) is 0 Å². The normalized spacial score (nSPS) is 10.3. The van der Waals surface area contributed by atoms with E-state index >= 15 is 0 Å². The van der Waals surface area contributed by atoms with Gasteiger partial charge in [-0.15, -0.1) is 0 Å². The first-order chi connectivity index (χ1) is 12.0. The van der Waals surface area contributed by atoms with Crippen LogP contribution in [-0.4, -0.2) is 17.4 Å². The molecule has 0 bridgehead atoms. The molecule has 2 aromatic carbocycles. The van der Waals surface area contributed by atoms with Gasteiger partial charge in [0.2, 0.25) is 5.91 Å². The van der Waals surface area contributed by atoms with Crippen LogP contribution in [-0.2, 0) is 11.2 Å². The van der Waals surface area contributed by atoms with Crippen molar-refractivity contribution in [3.8, 4) is 0 Å². The largest absolute Gasteiger partial charge is 0.379 e. The summed E-state index contributed by atoms with van der Waals surface area (Å²) in [6.07, 6.45) is 1.80. The number of nitro groups is 1. The number of carbonyl (C=O) groups excluding carboxylic acids is 1. The van der Waals surface area contributed by atoms with Crippen molar-refractivity contribution >= 4 is 23.0 Å². The van der Waals surface area contributed by atoms with Gasteiger partial charge in [0.15, 0.2) is 0 Å². The van der Waals surface area contributed by atoms with Crippen LogP contribution < -0.4 is 10.6 Å². The van der Waals surface area contributed by atoms with Gasteiger partial charge in [-0.25, -0.2) is 0 Å².